The quantitative estimate of drug-likeness (QED) is 0.725. The predicted octanol–water partition coefficient (Wildman–Crippen LogP) is 2.59. The van der Waals surface area contributed by atoms with Gasteiger partial charge in [-0.25, -0.2) is 0 Å². The van der Waals surface area contributed by atoms with Crippen LogP contribution in [0.25, 0.3) is 0 Å². The van der Waals surface area contributed by atoms with E-state index in [1.165, 1.54) is 0 Å². The maximum atomic E-state index is 10.9. The number of allylic oxidation sites excluding steroid dienone is 4. The third-order valence-electron chi connectivity index (χ3n) is 1.83. The molecule has 0 aliphatic heterocycles. The molecule has 12 heavy (non-hydrogen) atoms. The van der Waals surface area contributed by atoms with Crippen LogP contribution in [0.15, 0.2) is 23.3 Å². The van der Waals surface area contributed by atoms with Gasteiger partial charge in [-0.2, -0.15) is 0 Å². The lowest BCUT2D eigenvalue weighted by Crippen LogP contribution is -1.84. The van der Waals surface area contributed by atoms with Crippen molar-refractivity contribution in [3.8, 4) is 0 Å². The number of rotatable bonds is 2. The molecule has 0 saturated heterocycles. The van der Waals surface area contributed by atoms with Crippen LogP contribution in [0.4, 0.5) is 0 Å². The zero-order valence-corrected chi connectivity index (χ0v) is 8.44. The summed E-state index contributed by atoms with van der Waals surface area (Å²) in [6.45, 7) is 1.92. The number of hydrogen-bond acceptors (Lipinski definition) is 2. The minimum atomic E-state index is 0.193. The van der Waals surface area contributed by atoms with Gasteiger partial charge in [-0.15, -0.1) is 0 Å². The van der Waals surface area contributed by atoms with Gasteiger partial charge in [-0.1, -0.05) is 0 Å². The van der Waals surface area contributed by atoms with E-state index in [0.29, 0.717) is 11.0 Å². The molecule has 0 spiro atoms. The molecule has 1 N–H and O–H groups in total. The number of carbonyl (C=O) groups excluding carboxylic acids is 1. The van der Waals surface area contributed by atoms with Gasteiger partial charge in [0.1, 0.15) is 0 Å². The fourth-order valence-corrected chi connectivity index (χ4v) is 1.53. The first-order valence-corrected chi connectivity index (χ1v) is 4.55. The number of ketones is 1. The van der Waals surface area contributed by atoms with Gasteiger partial charge in [0.15, 0.2) is 5.78 Å². The van der Waals surface area contributed by atoms with E-state index in [1.54, 1.807) is 12.2 Å². The van der Waals surface area contributed by atoms with Gasteiger partial charge < -0.3 is 0 Å². The molecule has 0 atom stereocenters. The Kier molecular flexibility index (Phi) is 2.98. The Hall–Kier alpha value is -0.700. The minimum absolute atomic E-state index is 0.193. The molecule has 64 valence electrons. The van der Waals surface area contributed by atoms with Gasteiger partial charge in [-0.05, 0) is 52.6 Å². The monoisotopic (exact) mass is 227 g/mol. The molecule has 3 heteroatoms. The van der Waals surface area contributed by atoms with Gasteiger partial charge in [0.2, 0.25) is 0 Å². The van der Waals surface area contributed by atoms with E-state index in [2.05, 4.69) is 15.9 Å². The van der Waals surface area contributed by atoms with Crippen LogP contribution in [0.2, 0.25) is 0 Å². The average molecular weight is 228 g/mol. The smallest absolute Gasteiger partial charge is 0.156 e. The van der Waals surface area contributed by atoms with Gasteiger partial charge in [0.05, 0.1) is 4.62 Å². The van der Waals surface area contributed by atoms with Crippen molar-refractivity contribution in [3.63, 3.8) is 0 Å². The molecule has 0 fully saturated rings. The van der Waals surface area contributed by atoms with Crippen molar-refractivity contribution in [3.05, 3.63) is 23.3 Å². The maximum absolute atomic E-state index is 10.9. The molecule has 1 aliphatic rings. The SMILES string of the molecule is C/C(=C\C(=N)Br)C1=CC(=O)CC1. The lowest BCUT2D eigenvalue weighted by atomic mass is 10.1. The normalized spacial score (nSPS) is 18.0. The highest BCUT2D eigenvalue weighted by molar-refractivity contribution is 9.18. The summed E-state index contributed by atoms with van der Waals surface area (Å²) in [7, 11) is 0. The van der Waals surface area contributed by atoms with E-state index in [1.807, 2.05) is 6.92 Å². The zero-order valence-electron chi connectivity index (χ0n) is 6.86. The lowest BCUT2D eigenvalue weighted by molar-refractivity contribution is -0.114. The summed E-state index contributed by atoms with van der Waals surface area (Å²) in [6.07, 6.45) is 4.82. The van der Waals surface area contributed by atoms with Crippen LogP contribution in [0.1, 0.15) is 19.8 Å². The summed E-state index contributed by atoms with van der Waals surface area (Å²) >= 11 is 3.03. The van der Waals surface area contributed by atoms with Crippen LogP contribution < -0.4 is 0 Å². The van der Waals surface area contributed by atoms with Crippen molar-refractivity contribution >= 4 is 26.3 Å². The second-order valence-corrected chi connectivity index (χ2v) is 3.67. The summed E-state index contributed by atoms with van der Waals surface area (Å²) in [5.74, 6) is 0.193. The summed E-state index contributed by atoms with van der Waals surface area (Å²) in [5.41, 5.74) is 2.06. The van der Waals surface area contributed by atoms with Crippen LogP contribution in [0, 0.1) is 5.41 Å². The lowest BCUT2D eigenvalue weighted by Gasteiger charge is -1.98. The van der Waals surface area contributed by atoms with E-state index >= 15 is 0 Å². The Morgan fingerprint density at radius 1 is 1.67 bits per heavy atom. The first-order valence-electron chi connectivity index (χ1n) is 3.75. The minimum Gasteiger partial charge on any atom is -0.295 e. The highest BCUT2D eigenvalue weighted by Gasteiger charge is 2.12. The first-order chi connectivity index (χ1) is 5.59. The summed E-state index contributed by atoms with van der Waals surface area (Å²) in [5, 5.41) is 7.17. The molecule has 0 amide bonds. The van der Waals surface area contributed by atoms with Crippen LogP contribution >= 0.6 is 15.9 Å². The first kappa shape index (κ1) is 9.39. The van der Waals surface area contributed by atoms with Crippen molar-refractivity contribution in [1.82, 2.24) is 0 Å². The number of nitrogens with one attached hydrogen (secondary N) is 1. The largest absolute Gasteiger partial charge is 0.295 e. The number of carbonyl (C=O) groups is 1. The maximum Gasteiger partial charge on any atom is 0.156 e. The van der Waals surface area contributed by atoms with Crippen molar-refractivity contribution in [2.45, 2.75) is 19.8 Å². The standard InChI is InChI=1S/C9H10BrNO/c1-6(4-9(10)11)7-2-3-8(12)5-7/h4-5,11H,2-3H2,1H3/b6-4+,11-9?. The molecule has 0 radical (unpaired) electrons. The number of hydrogen-bond donors (Lipinski definition) is 1. The highest BCUT2D eigenvalue weighted by atomic mass is 79.9. The van der Waals surface area contributed by atoms with Crippen LogP contribution in [0.5, 0.6) is 0 Å². The van der Waals surface area contributed by atoms with Crippen molar-refractivity contribution in [2.75, 3.05) is 0 Å². The molecule has 0 saturated carbocycles. The second-order valence-electron chi connectivity index (χ2n) is 2.81. The topological polar surface area (TPSA) is 40.9 Å². The number of halogens is 1. The molecular weight excluding hydrogens is 218 g/mol. The van der Waals surface area contributed by atoms with Crippen LogP contribution in [0.3, 0.4) is 0 Å². The van der Waals surface area contributed by atoms with Gasteiger partial charge in [-0.3, -0.25) is 10.2 Å². The Balaban J connectivity index is 2.78. The Morgan fingerprint density at radius 3 is 2.75 bits per heavy atom. The Bertz CT molecular complexity index is 289. The van der Waals surface area contributed by atoms with Crippen molar-refractivity contribution in [1.29, 1.82) is 5.41 Å². The van der Waals surface area contributed by atoms with Crippen molar-refractivity contribution < 1.29 is 4.79 Å². The zero-order chi connectivity index (χ0) is 9.14. The Labute approximate surface area is 80.0 Å². The molecule has 0 aromatic carbocycles. The molecule has 2 nitrogen and oxygen atoms in total. The highest BCUT2D eigenvalue weighted by Crippen LogP contribution is 2.22. The fourth-order valence-electron chi connectivity index (χ4n) is 1.19. The van der Waals surface area contributed by atoms with Crippen molar-refractivity contribution in [2.24, 2.45) is 0 Å². The second kappa shape index (κ2) is 3.81. The molecule has 0 unspecified atom stereocenters. The molecule has 0 aromatic rings. The molecular formula is C9H10BrNO. The summed E-state index contributed by atoms with van der Waals surface area (Å²) in [6, 6.07) is 0. The van der Waals surface area contributed by atoms with Gasteiger partial charge >= 0.3 is 0 Å². The molecule has 0 heterocycles. The fraction of sp³-hybridized carbons (Fsp3) is 0.333. The van der Waals surface area contributed by atoms with E-state index in [-0.39, 0.29) is 5.78 Å². The van der Waals surface area contributed by atoms with Gasteiger partial charge in [0, 0.05) is 6.42 Å². The predicted molar refractivity (Wildman–Crippen MR) is 52.7 cm³/mol. The van der Waals surface area contributed by atoms with E-state index in [9.17, 15) is 4.79 Å². The third kappa shape index (κ3) is 2.41. The van der Waals surface area contributed by atoms with Crippen LogP contribution in [-0.2, 0) is 4.79 Å². The third-order valence-corrected chi connectivity index (χ3v) is 2.05. The van der Waals surface area contributed by atoms with E-state index in [0.717, 1.165) is 17.6 Å². The van der Waals surface area contributed by atoms with Crippen LogP contribution in [-0.4, -0.2) is 10.4 Å². The summed E-state index contributed by atoms with van der Waals surface area (Å²) < 4.78 is 0.347. The summed E-state index contributed by atoms with van der Waals surface area (Å²) in [4.78, 5) is 10.9. The molecule has 1 aliphatic carbocycles. The average Bonchev–Trinajstić information content (AvgIpc) is 2.34. The van der Waals surface area contributed by atoms with E-state index in [4.69, 9.17) is 5.41 Å². The van der Waals surface area contributed by atoms with Gasteiger partial charge in [0.25, 0.3) is 0 Å². The molecule has 0 bridgehead atoms. The molecule has 0 aromatic heterocycles. The molecule has 1 rings (SSSR count). The Morgan fingerprint density at radius 2 is 2.33 bits per heavy atom. The van der Waals surface area contributed by atoms with E-state index < -0.39 is 0 Å².